The molecule has 0 aromatic heterocycles. The molecule has 0 spiro atoms. The Morgan fingerprint density at radius 1 is 1.58 bits per heavy atom. The Morgan fingerprint density at radius 3 is 3.25 bits per heavy atom. The average Bonchev–Trinajstić information content (AvgIpc) is 2.07. The van der Waals surface area contributed by atoms with E-state index in [1.165, 1.54) is 18.5 Å². The summed E-state index contributed by atoms with van der Waals surface area (Å²) in [6.07, 6.45) is 7.41. The molecule has 0 amide bonds. The zero-order valence-corrected chi connectivity index (χ0v) is 7.45. The lowest BCUT2D eigenvalue weighted by Gasteiger charge is -2.35. The molecule has 1 atom stereocenters. The number of piperidine rings is 1. The van der Waals surface area contributed by atoms with Crippen LogP contribution in [0, 0.1) is 5.92 Å². The molecule has 1 heterocycles. The molecular formula is C10H15NO. The molecule has 2 rings (SSSR count). The summed E-state index contributed by atoms with van der Waals surface area (Å²) in [6.45, 7) is 1.13. The number of aliphatic hydroxyl groups is 1. The first-order valence-corrected chi connectivity index (χ1v) is 4.59. The predicted molar refractivity (Wildman–Crippen MR) is 48.8 cm³/mol. The fraction of sp³-hybridized carbons (Fsp3) is 0.600. The number of aliphatic hydroxyl groups excluding tert-OH is 1. The molecule has 0 aromatic carbocycles. The van der Waals surface area contributed by atoms with Crippen molar-refractivity contribution in [2.24, 2.45) is 5.92 Å². The lowest BCUT2D eigenvalue weighted by molar-refractivity contribution is 0.271. The Hall–Kier alpha value is -0.920. The number of hydrogen-bond donors (Lipinski definition) is 1. The van der Waals surface area contributed by atoms with E-state index in [2.05, 4.69) is 11.9 Å². The van der Waals surface area contributed by atoms with Crippen LogP contribution in [0.1, 0.15) is 19.3 Å². The van der Waals surface area contributed by atoms with Crippen LogP contribution in [0.2, 0.25) is 0 Å². The number of hydrogen-bond acceptors (Lipinski definition) is 2. The number of nitrogens with zero attached hydrogens (tertiary/aromatic N) is 1. The molecule has 2 nitrogen and oxygen atoms in total. The summed E-state index contributed by atoms with van der Waals surface area (Å²) < 4.78 is 0. The van der Waals surface area contributed by atoms with E-state index in [0.29, 0.717) is 11.7 Å². The van der Waals surface area contributed by atoms with Crippen LogP contribution in [0.5, 0.6) is 0 Å². The van der Waals surface area contributed by atoms with E-state index in [4.69, 9.17) is 0 Å². The van der Waals surface area contributed by atoms with Gasteiger partial charge in [0.1, 0.15) is 5.76 Å². The Labute approximate surface area is 73.2 Å². The maximum absolute atomic E-state index is 9.32. The zero-order valence-electron chi connectivity index (χ0n) is 7.45. The van der Waals surface area contributed by atoms with Crippen LogP contribution in [-0.2, 0) is 0 Å². The lowest BCUT2D eigenvalue weighted by Crippen LogP contribution is -2.31. The van der Waals surface area contributed by atoms with Crippen LogP contribution in [0.25, 0.3) is 0 Å². The van der Waals surface area contributed by atoms with Gasteiger partial charge in [-0.25, -0.2) is 0 Å². The molecule has 1 fully saturated rings. The third kappa shape index (κ3) is 1.22. The first-order valence-electron chi connectivity index (χ1n) is 4.59. The highest BCUT2D eigenvalue weighted by molar-refractivity contribution is 5.25. The van der Waals surface area contributed by atoms with Crippen LogP contribution >= 0.6 is 0 Å². The largest absolute Gasteiger partial charge is 0.508 e. The fourth-order valence-electron chi connectivity index (χ4n) is 2.10. The molecule has 0 bridgehead atoms. The molecule has 1 N–H and O–H groups in total. The Kier molecular flexibility index (Phi) is 1.83. The van der Waals surface area contributed by atoms with Gasteiger partial charge >= 0.3 is 0 Å². The molecular weight excluding hydrogens is 150 g/mol. The Morgan fingerprint density at radius 2 is 2.42 bits per heavy atom. The first-order chi connectivity index (χ1) is 5.77. The normalized spacial score (nSPS) is 29.1. The monoisotopic (exact) mass is 165 g/mol. The van der Waals surface area contributed by atoms with Gasteiger partial charge in [0, 0.05) is 25.2 Å². The van der Waals surface area contributed by atoms with Crippen molar-refractivity contribution in [3.8, 4) is 0 Å². The van der Waals surface area contributed by atoms with E-state index in [0.717, 1.165) is 13.0 Å². The molecule has 0 saturated carbocycles. The molecule has 66 valence electrons. The summed E-state index contributed by atoms with van der Waals surface area (Å²) in [5, 5.41) is 9.32. The molecule has 0 aromatic rings. The van der Waals surface area contributed by atoms with E-state index in [1.807, 2.05) is 12.2 Å². The van der Waals surface area contributed by atoms with Gasteiger partial charge in [-0.2, -0.15) is 0 Å². The van der Waals surface area contributed by atoms with Crippen molar-refractivity contribution in [3.05, 3.63) is 23.6 Å². The van der Waals surface area contributed by atoms with Crippen molar-refractivity contribution in [3.63, 3.8) is 0 Å². The van der Waals surface area contributed by atoms with Gasteiger partial charge in [-0.05, 0) is 31.4 Å². The average molecular weight is 165 g/mol. The molecule has 2 aliphatic rings. The van der Waals surface area contributed by atoms with Gasteiger partial charge in [0.15, 0.2) is 0 Å². The minimum Gasteiger partial charge on any atom is -0.508 e. The van der Waals surface area contributed by atoms with Gasteiger partial charge in [0.2, 0.25) is 0 Å². The van der Waals surface area contributed by atoms with E-state index < -0.39 is 0 Å². The molecule has 1 saturated heterocycles. The van der Waals surface area contributed by atoms with Crippen LogP contribution in [0.3, 0.4) is 0 Å². The van der Waals surface area contributed by atoms with E-state index in [9.17, 15) is 5.11 Å². The first kappa shape index (κ1) is 7.71. The van der Waals surface area contributed by atoms with Crippen molar-refractivity contribution in [1.82, 2.24) is 4.90 Å². The second kappa shape index (κ2) is 2.85. The summed E-state index contributed by atoms with van der Waals surface area (Å²) in [5.74, 6) is 1.11. The van der Waals surface area contributed by atoms with E-state index >= 15 is 0 Å². The summed E-state index contributed by atoms with van der Waals surface area (Å²) >= 11 is 0. The maximum Gasteiger partial charge on any atom is 0.113 e. The second-order valence-corrected chi connectivity index (χ2v) is 3.69. The quantitative estimate of drug-likeness (QED) is 0.594. The van der Waals surface area contributed by atoms with Crippen LogP contribution in [0.15, 0.2) is 23.6 Å². The molecule has 0 radical (unpaired) electrons. The van der Waals surface area contributed by atoms with Gasteiger partial charge in [-0.15, -0.1) is 0 Å². The third-order valence-electron chi connectivity index (χ3n) is 2.81. The van der Waals surface area contributed by atoms with E-state index in [-0.39, 0.29) is 0 Å². The number of allylic oxidation sites excluding steroid dienone is 3. The molecule has 2 heteroatoms. The number of likely N-dealkylation sites (tertiary alicyclic amines) is 1. The Bertz CT molecular complexity index is 242. The van der Waals surface area contributed by atoms with Crippen LogP contribution in [0.4, 0.5) is 0 Å². The van der Waals surface area contributed by atoms with Crippen molar-refractivity contribution in [1.29, 1.82) is 0 Å². The molecule has 1 aliphatic carbocycles. The van der Waals surface area contributed by atoms with Gasteiger partial charge in [-0.1, -0.05) is 0 Å². The molecule has 12 heavy (non-hydrogen) atoms. The maximum atomic E-state index is 9.32. The smallest absolute Gasteiger partial charge is 0.113 e. The topological polar surface area (TPSA) is 23.5 Å². The highest BCUT2D eigenvalue weighted by atomic mass is 16.3. The third-order valence-corrected chi connectivity index (χ3v) is 2.81. The van der Waals surface area contributed by atoms with E-state index in [1.54, 1.807) is 0 Å². The van der Waals surface area contributed by atoms with Gasteiger partial charge < -0.3 is 10.0 Å². The lowest BCUT2D eigenvalue weighted by atomic mass is 9.88. The summed E-state index contributed by atoms with van der Waals surface area (Å²) in [6, 6.07) is 0. The van der Waals surface area contributed by atoms with Crippen molar-refractivity contribution >= 4 is 0 Å². The van der Waals surface area contributed by atoms with Gasteiger partial charge in [0.05, 0.1) is 0 Å². The van der Waals surface area contributed by atoms with Gasteiger partial charge in [0.25, 0.3) is 0 Å². The highest BCUT2D eigenvalue weighted by Crippen LogP contribution is 2.32. The number of fused-ring (bicyclic) bond motifs is 1. The molecule has 1 aliphatic heterocycles. The van der Waals surface area contributed by atoms with Crippen molar-refractivity contribution < 1.29 is 5.11 Å². The van der Waals surface area contributed by atoms with Crippen molar-refractivity contribution in [2.75, 3.05) is 13.6 Å². The Balaban J connectivity index is 2.23. The number of rotatable bonds is 0. The van der Waals surface area contributed by atoms with Gasteiger partial charge in [-0.3, -0.25) is 0 Å². The summed E-state index contributed by atoms with van der Waals surface area (Å²) in [4.78, 5) is 2.26. The predicted octanol–water partition coefficient (Wildman–Crippen LogP) is 2.06. The molecule has 1 unspecified atom stereocenters. The van der Waals surface area contributed by atoms with Crippen LogP contribution in [-0.4, -0.2) is 23.6 Å². The van der Waals surface area contributed by atoms with Crippen molar-refractivity contribution in [2.45, 2.75) is 19.3 Å². The van der Waals surface area contributed by atoms with Crippen LogP contribution < -0.4 is 0 Å². The summed E-state index contributed by atoms with van der Waals surface area (Å²) in [5.41, 5.74) is 1.32. The minimum absolute atomic E-state index is 0.440. The zero-order chi connectivity index (χ0) is 8.55. The minimum atomic E-state index is 0.440. The SMILES string of the molecule is CN1CCCC2CC=C(O)C=C21. The summed E-state index contributed by atoms with van der Waals surface area (Å²) in [7, 11) is 2.11. The second-order valence-electron chi connectivity index (χ2n) is 3.69. The standard InChI is InChI=1S/C10H15NO/c1-11-6-2-3-8-4-5-9(12)7-10(8)11/h5,7-8,12H,2-4,6H2,1H3. The fourth-order valence-corrected chi connectivity index (χ4v) is 2.10. The highest BCUT2D eigenvalue weighted by Gasteiger charge is 2.24.